The molecular weight excluding hydrogens is 351 g/mol. The zero-order valence-electron chi connectivity index (χ0n) is 11.3. The second kappa shape index (κ2) is 5.79. The quantitative estimate of drug-likeness (QED) is 0.855. The molecule has 0 radical (unpaired) electrons. The van der Waals surface area contributed by atoms with Crippen molar-refractivity contribution >= 4 is 31.9 Å². The minimum Gasteiger partial charge on any atom is -0.347 e. The molecule has 8 heteroatoms. The van der Waals surface area contributed by atoms with E-state index in [1.165, 1.54) is 6.07 Å². The SMILES string of the molecule is CCC(C)(C)NC(=O)c1cc(Br)cc(S(N)(=O)=O)c1F. The molecule has 5 nitrogen and oxygen atoms in total. The average Bonchev–Trinajstić information content (AvgIpc) is 2.29. The molecule has 0 spiro atoms. The summed E-state index contributed by atoms with van der Waals surface area (Å²) in [6, 6.07) is 2.23. The van der Waals surface area contributed by atoms with Gasteiger partial charge < -0.3 is 5.32 Å². The smallest absolute Gasteiger partial charge is 0.254 e. The monoisotopic (exact) mass is 366 g/mol. The Hall–Kier alpha value is -0.990. The zero-order valence-corrected chi connectivity index (χ0v) is 13.7. The number of primary sulfonamides is 1. The number of carbonyl (C=O) groups excluding carboxylic acids is 1. The van der Waals surface area contributed by atoms with E-state index >= 15 is 0 Å². The average molecular weight is 367 g/mol. The first-order valence-electron chi connectivity index (χ1n) is 5.82. The summed E-state index contributed by atoms with van der Waals surface area (Å²) in [5.74, 6) is -1.85. The molecule has 0 fully saturated rings. The second-order valence-corrected chi connectivity index (χ2v) is 7.45. The highest BCUT2D eigenvalue weighted by molar-refractivity contribution is 9.10. The first-order chi connectivity index (χ1) is 8.98. The maximum absolute atomic E-state index is 14.1. The highest BCUT2D eigenvalue weighted by Crippen LogP contribution is 2.24. The first kappa shape index (κ1) is 17.1. The van der Waals surface area contributed by atoms with Gasteiger partial charge in [0.05, 0.1) is 5.56 Å². The van der Waals surface area contributed by atoms with Gasteiger partial charge in [-0.05, 0) is 32.4 Å². The Labute approximate surface area is 125 Å². The van der Waals surface area contributed by atoms with Crippen LogP contribution in [-0.4, -0.2) is 19.9 Å². The van der Waals surface area contributed by atoms with Gasteiger partial charge in [-0.25, -0.2) is 17.9 Å². The minimum absolute atomic E-state index is 0.252. The van der Waals surface area contributed by atoms with Crippen LogP contribution in [-0.2, 0) is 10.0 Å². The van der Waals surface area contributed by atoms with Crippen LogP contribution >= 0.6 is 15.9 Å². The topological polar surface area (TPSA) is 89.3 Å². The predicted octanol–water partition coefficient (Wildman–Crippen LogP) is 2.15. The molecule has 1 rings (SSSR count). The largest absolute Gasteiger partial charge is 0.347 e. The van der Waals surface area contributed by atoms with Gasteiger partial charge in [0.2, 0.25) is 10.0 Å². The molecule has 0 aliphatic rings. The summed E-state index contributed by atoms with van der Waals surface area (Å²) in [6.45, 7) is 5.43. The van der Waals surface area contributed by atoms with Crippen LogP contribution in [0.15, 0.2) is 21.5 Å². The van der Waals surface area contributed by atoms with Crippen molar-refractivity contribution in [2.45, 2.75) is 37.6 Å². The Morgan fingerprint density at radius 2 is 2.00 bits per heavy atom. The van der Waals surface area contributed by atoms with Crippen molar-refractivity contribution in [1.29, 1.82) is 0 Å². The number of benzene rings is 1. The molecule has 20 heavy (non-hydrogen) atoms. The number of carbonyl (C=O) groups is 1. The number of hydrogen-bond acceptors (Lipinski definition) is 3. The molecule has 0 bridgehead atoms. The van der Waals surface area contributed by atoms with E-state index in [0.29, 0.717) is 6.42 Å². The van der Waals surface area contributed by atoms with Crippen LogP contribution in [0, 0.1) is 5.82 Å². The third-order valence-corrected chi connectivity index (χ3v) is 4.26. The van der Waals surface area contributed by atoms with Crippen molar-refractivity contribution in [2.75, 3.05) is 0 Å². The van der Waals surface area contributed by atoms with Crippen LogP contribution < -0.4 is 10.5 Å². The van der Waals surface area contributed by atoms with Crippen molar-refractivity contribution in [3.63, 3.8) is 0 Å². The molecule has 0 atom stereocenters. The van der Waals surface area contributed by atoms with E-state index in [9.17, 15) is 17.6 Å². The molecule has 0 aliphatic heterocycles. The molecule has 112 valence electrons. The molecule has 0 saturated carbocycles. The van der Waals surface area contributed by atoms with E-state index in [1.807, 2.05) is 6.92 Å². The Balaban J connectivity index is 3.33. The van der Waals surface area contributed by atoms with Crippen LogP contribution in [0.25, 0.3) is 0 Å². The van der Waals surface area contributed by atoms with E-state index in [-0.39, 0.29) is 10.0 Å². The molecule has 0 unspecified atom stereocenters. The molecule has 0 saturated heterocycles. The van der Waals surface area contributed by atoms with Gasteiger partial charge in [0.25, 0.3) is 5.91 Å². The summed E-state index contributed by atoms with van der Waals surface area (Å²) >= 11 is 3.04. The maximum Gasteiger partial charge on any atom is 0.254 e. The summed E-state index contributed by atoms with van der Waals surface area (Å²) in [5.41, 5.74) is -0.905. The number of hydrogen-bond donors (Lipinski definition) is 2. The molecular formula is C12H16BrFN2O3S. The minimum atomic E-state index is -4.25. The zero-order chi connectivity index (χ0) is 15.7. The summed E-state index contributed by atoms with van der Waals surface area (Å²) in [7, 11) is -4.25. The lowest BCUT2D eigenvalue weighted by atomic mass is 10.0. The first-order valence-corrected chi connectivity index (χ1v) is 8.16. The summed E-state index contributed by atoms with van der Waals surface area (Å²) in [4.78, 5) is 11.3. The normalized spacial score (nSPS) is 12.3. The van der Waals surface area contributed by atoms with Crippen LogP contribution in [0.4, 0.5) is 4.39 Å². The Bertz CT molecular complexity index is 644. The maximum atomic E-state index is 14.1. The Kier molecular flexibility index (Phi) is 4.94. The highest BCUT2D eigenvalue weighted by atomic mass is 79.9. The van der Waals surface area contributed by atoms with E-state index in [4.69, 9.17) is 5.14 Å². The highest BCUT2D eigenvalue weighted by Gasteiger charge is 2.25. The lowest BCUT2D eigenvalue weighted by Gasteiger charge is -2.24. The van der Waals surface area contributed by atoms with Gasteiger partial charge in [-0.15, -0.1) is 0 Å². The second-order valence-electron chi connectivity index (χ2n) is 5.00. The summed E-state index contributed by atoms with van der Waals surface area (Å²) < 4.78 is 37.0. The van der Waals surface area contributed by atoms with Crippen molar-refractivity contribution in [2.24, 2.45) is 5.14 Å². The van der Waals surface area contributed by atoms with Gasteiger partial charge >= 0.3 is 0 Å². The van der Waals surface area contributed by atoms with Crippen molar-refractivity contribution < 1.29 is 17.6 Å². The fourth-order valence-electron chi connectivity index (χ4n) is 1.40. The van der Waals surface area contributed by atoms with Crippen LogP contribution in [0.1, 0.15) is 37.6 Å². The van der Waals surface area contributed by atoms with Gasteiger partial charge in [0.15, 0.2) is 5.82 Å². The van der Waals surface area contributed by atoms with Crippen LogP contribution in [0.2, 0.25) is 0 Å². The van der Waals surface area contributed by atoms with E-state index in [2.05, 4.69) is 21.2 Å². The lowest BCUT2D eigenvalue weighted by molar-refractivity contribution is 0.0906. The van der Waals surface area contributed by atoms with Gasteiger partial charge in [-0.2, -0.15) is 0 Å². The molecule has 1 amide bonds. The van der Waals surface area contributed by atoms with Crippen molar-refractivity contribution in [3.8, 4) is 0 Å². The van der Waals surface area contributed by atoms with Gasteiger partial charge in [0, 0.05) is 10.0 Å². The number of nitrogens with one attached hydrogen (secondary N) is 1. The van der Waals surface area contributed by atoms with E-state index in [0.717, 1.165) is 6.07 Å². The number of sulfonamides is 1. The fourth-order valence-corrected chi connectivity index (χ4v) is 2.66. The van der Waals surface area contributed by atoms with E-state index in [1.54, 1.807) is 13.8 Å². The third kappa shape index (κ3) is 4.00. The van der Waals surface area contributed by atoms with Gasteiger partial charge in [0.1, 0.15) is 4.90 Å². The van der Waals surface area contributed by atoms with E-state index < -0.39 is 32.2 Å². The van der Waals surface area contributed by atoms with Gasteiger partial charge in [-0.3, -0.25) is 4.79 Å². The summed E-state index contributed by atoms with van der Waals surface area (Å²) in [5, 5.41) is 7.56. The lowest BCUT2D eigenvalue weighted by Crippen LogP contribution is -2.43. The number of nitrogens with two attached hydrogens (primary N) is 1. The predicted molar refractivity (Wildman–Crippen MR) is 77.3 cm³/mol. The Morgan fingerprint density at radius 1 is 1.45 bits per heavy atom. The molecule has 0 heterocycles. The van der Waals surface area contributed by atoms with Crippen molar-refractivity contribution in [1.82, 2.24) is 5.32 Å². The Morgan fingerprint density at radius 3 is 2.45 bits per heavy atom. The van der Waals surface area contributed by atoms with Crippen LogP contribution in [0.5, 0.6) is 0 Å². The number of rotatable bonds is 4. The third-order valence-electron chi connectivity index (χ3n) is 2.89. The standard InChI is InChI=1S/C12H16BrFN2O3S/c1-4-12(2,3)16-11(17)8-5-7(13)6-9(10(8)14)20(15,18)19/h5-6H,4H2,1-3H3,(H,16,17)(H2,15,18,19). The molecule has 3 N–H and O–H groups in total. The molecule has 1 aromatic rings. The molecule has 0 aliphatic carbocycles. The number of amides is 1. The summed E-state index contributed by atoms with van der Waals surface area (Å²) in [6.07, 6.45) is 0.635. The molecule has 0 aromatic heterocycles. The number of halogens is 2. The molecule has 1 aromatic carbocycles. The van der Waals surface area contributed by atoms with Gasteiger partial charge in [-0.1, -0.05) is 22.9 Å². The fraction of sp³-hybridized carbons (Fsp3) is 0.417. The van der Waals surface area contributed by atoms with Crippen LogP contribution in [0.3, 0.4) is 0 Å². The van der Waals surface area contributed by atoms with Crippen molar-refractivity contribution in [3.05, 3.63) is 28.0 Å².